The molecule has 0 aliphatic carbocycles. The summed E-state index contributed by atoms with van der Waals surface area (Å²) < 4.78 is 6.72. The van der Waals surface area contributed by atoms with Crippen LogP contribution in [-0.2, 0) is 20.9 Å². The fourth-order valence-corrected chi connectivity index (χ4v) is 8.15. The van der Waals surface area contributed by atoms with Gasteiger partial charge in [0.25, 0.3) is 0 Å². The van der Waals surface area contributed by atoms with Gasteiger partial charge < -0.3 is 10.1 Å². The number of aryl methyl sites for hydroxylation is 1. The molecule has 3 atom stereocenters. The van der Waals surface area contributed by atoms with E-state index >= 15 is 0 Å². The van der Waals surface area contributed by atoms with Gasteiger partial charge in [-0.3, -0.25) is 23.7 Å². The highest BCUT2D eigenvalue weighted by Crippen LogP contribution is 2.54. The molecule has 0 unspecified atom stereocenters. The maximum Gasteiger partial charge on any atom is 0.308 e. The third-order valence-electron chi connectivity index (χ3n) is 7.25. The number of amides is 3. The Morgan fingerprint density at radius 1 is 0.951 bits per heavy atom. The van der Waals surface area contributed by atoms with Crippen LogP contribution in [0.2, 0.25) is 5.02 Å². The number of anilines is 2. The number of ether oxygens (including phenoxy) is 1. The first-order valence-corrected chi connectivity index (χ1v) is 14.9. The summed E-state index contributed by atoms with van der Waals surface area (Å²) in [6.07, 6.45) is 0. The molecule has 41 heavy (non-hydrogen) atoms. The highest BCUT2D eigenvalue weighted by molar-refractivity contribution is 8.00. The van der Waals surface area contributed by atoms with Gasteiger partial charge in [0.1, 0.15) is 17.5 Å². The first-order valence-electron chi connectivity index (χ1n) is 12.8. The molecule has 1 N–H and O–H groups in total. The number of halogens is 1. The summed E-state index contributed by atoms with van der Waals surface area (Å²) in [5, 5.41) is 3.09. The number of thiazole rings is 1. The van der Waals surface area contributed by atoms with Gasteiger partial charge in [0, 0.05) is 21.5 Å². The molecule has 208 valence electrons. The van der Waals surface area contributed by atoms with Gasteiger partial charge in [-0.25, -0.2) is 4.90 Å². The summed E-state index contributed by atoms with van der Waals surface area (Å²) in [6, 6.07) is 21.2. The molecule has 6 rings (SSSR count). The predicted molar refractivity (Wildman–Crippen MR) is 160 cm³/mol. The van der Waals surface area contributed by atoms with Gasteiger partial charge in [-0.15, -0.1) is 0 Å². The Hall–Kier alpha value is -3.86. The first-order chi connectivity index (χ1) is 19.7. The average Bonchev–Trinajstić information content (AvgIpc) is 3.41. The standard InChI is InChI=1S/C30H24ClN3O5S2/c1-16-3-11-20(12-4-16)34-27(36)24-23(17-5-13-21(39-2)14-6-17)26-29(40-25(24)28(34)37)33(30(38)41-26)15-22(35)32-19-9-7-18(31)8-10-19/h3-14,23-25H,15H2,1-2H3,(H,32,35)/t23-,24-,25+/m0/s1. The largest absolute Gasteiger partial charge is 0.497 e. The third kappa shape index (κ3) is 4.96. The number of hydrogen-bond acceptors (Lipinski definition) is 7. The number of nitrogens with zero attached hydrogens (tertiary/aromatic N) is 2. The number of nitrogens with one attached hydrogen (secondary N) is 1. The number of methoxy groups -OCH3 is 1. The van der Waals surface area contributed by atoms with Gasteiger partial charge in [0.15, 0.2) is 0 Å². The van der Waals surface area contributed by atoms with Crippen LogP contribution in [0.5, 0.6) is 5.75 Å². The highest BCUT2D eigenvalue weighted by Gasteiger charge is 2.56. The molecular weight excluding hydrogens is 582 g/mol. The summed E-state index contributed by atoms with van der Waals surface area (Å²) in [6.45, 7) is 1.70. The van der Waals surface area contributed by atoms with E-state index in [1.165, 1.54) is 21.2 Å². The van der Waals surface area contributed by atoms with Gasteiger partial charge in [0.2, 0.25) is 17.7 Å². The molecule has 11 heteroatoms. The van der Waals surface area contributed by atoms with E-state index in [2.05, 4.69) is 5.32 Å². The molecule has 4 aromatic rings. The minimum absolute atomic E-state index is 0.239. The van der Waals surface area contributed by atoms with Crippen molar-refractivity contribution in [2.75, 3.05) is 17.3 Å². The van der Waals surface area contributed by atoms with Crippen molar-refractivity contribution in [3.63, 3.8) is 0 Å². The molecular formula is C30H24ClN3O5S2. The lowest BCUT2D eigenvalue weighted by molar-refractivity contribution is -0.122. The van der Waals surface area contributed by atoms with Crippen molar-refractivity contribution in [2.45, 2.75) is 29.7 Å². The normalized spacial score (nSPS) is 19.6. The SMILES string of the molecule is COc1ccc([C@@H]2c3sc(=O)n(CC(=O)Nc4ccc(Cl)cc4)c3S[C@H]3C(=O)N(c4ccc(C)cc4)C(=O)[C@@H]23)cc1. The summed E-state index contributed by atoms with van der Waals surface area (Å²) in [4.78, 5) is 55.6. The Morgan fingerprint density at radius 2 is 1.63 bits per heavy atom. The molecule has 2 aliphatic heterocycles. The zero-order chi connectivity index (χ0) is 28.8. The van der Waals surface area contributed by atoms with Crippen LogP contribution in [0.1, 0.15) is 21.9 Å². The predicted octanol–water partition coefficient (Wildman–Crippen LogP) is 5.31. The minimum atomic E-state index is -0.761. The van der Waals surface area contributed by atoms with Crippen LogP contribution in [0.4, 0.5) is 11.4 Å². The molecule has 1 fully saturated rings. The van der Waals surface area contributed by atoms with E-state index in [0.29, 0.717) is 32.1 Å². The number of aromatic nitrogens is 1. The minimum Gasteiger partial charge on any atom is -0.497 e. The van der Waals surface area contributed by atoms with Crippen molar-refractivity contribution in [2.24, 2.45) is 5.92 Å². The van der Waals surface area contributed by atoms with E-state index in [-0.39, 0.29) is 23.2 Å². The number of imide groups is 1. The van der Waals surface area contributed by atoms with Crippen LogP contribution < -0.4 is 19.8 Å². The second-order valence-electron chi connectivity index (χ2n) is 9.84. The molecule has 3 heterocycles. The number of hydrogen-bond donors (Lipinski definition) is 1. The number of thioether (sulfide) groups is 1. The Balaban J connectivity index is 1.40. The van der Waals surface area contributed by atoms with E-state index < -0.39 is 23.0 Å². The maximum absolute atomic E-state index is 14.0. The van der Waals surface area contributed by atoms with Crippen molar-refractivity contribution >= 4 is 63.8 Å². The summed E-state index contributed by atoms with van der Waals surface area (Å²) >= 11 is 8.14. The second kappa shape index (κ2) is 10.8. The molecule has 1 aromatic heterocycles. The summed E-state index contributed by atoms with van der Waals surface area (Å²) in [5.41, 5.74) is 2.86. The Morgan fingerprint density at radius 3 is 2.29 bits per heavy atom. The van der Waals surface area contributed by atoms with Crippen molar-refractivity contribution in [1.82, 2.24) is 4.57 Å². The zero-order valence-electron chi connectivity index (χ0n) is 22.0. The average molecular weight is 606 g/mol. The summed E-state index contributed by atoms with van der Waals surface area (Å²) in [5.74, 6) is -1.66. The van der Waals surface area contributed by atoms with Gasteiger partial charge in [-0.1, -0.05) is 64.5 Å². The van der Waals surface area contributed by atoms with Crippen molar-refractivity contribution < 1.29 is 19.1 Å². The molecule has 1 saturated heterocycles. The fourth-order valence-electron chi connectivity index (χ4n) is 5.25. The molecule has 0 radical (unpaired) electrons. The Bertz CT molecular complexity index is 1720. The fraction of sp³-hybridized carbons (Fsp3) is 0.200. The lowest BCUT2D eigenvalue weighted by Gasteiger charge is -2.30. The number of rotatable bonds is 6. The Kier molecular flexibility index (Phi) is 7.23. The van der Waals surface area contributed by atoms with Gasteiger partial charge in [0.05, 0.1) is 23.7 Å². The number of carbonyl (C=O) groups excluding carboxylic acids is 3. The Labute approximate surface area is 248 Å². The second-order valence-corrected chi connectivity index (χ2v) is 12.4. The molecule has 8 nitrogen and oxygen atoms in total. The lowest BCUT2D eigenvalue weighted by atomic mass is 9.83. The van der Waals surface area contributed by atoms with Crippen LogP contribution in [0.25, 0.3) is 0 Å². The molecule has 0 bridgehead atoms. The van der Waals surface area contributed by atoms with Gasteiger partial charge in [-0.2, -0.15) is 0 Å². The summed E-state index contributed by atoms with van der Waals surface area (Å²) in [7, 11) is 1.57. The van der Waals surface area contributed by atoms with Crippen LogP contribution >= 0.6 is 34.7 Å². The van der Waals surface area contributed by atoms with Crippen LogP contribution in [0.3, 0.4) is 0 Å². The first kappa shape index (κ1) is 27.3. The number of benzene rings is 3. The van der Waals surface area contributed by atoms with Crippen molar-refractivity contribution in [3.05, 3.63) is 103 Å². The quantitative estimate of drug-likeness (QED) is 0.299. The molecule has 2 aliphatic rings. The van der Waals surface area contributed by atoms with Crippen molar-refractivity contribution in [1.29, 1.82) is 0 Å². The topological polar surface area (TPSA) is 97.7 Å². The molecule has 0 saturated carbocycles. The van der Waals surface area contributed by atoms with Gasteiger partial charge >= 0.3 is 4.87 Å². The van der Waals surface area contributed by atoms with E-state index in [0.717, 1.165) is 22.5 Å². The highest BCUT2D eigenvalue weighted by atomic mass is 35.5. The smallest absolute Gasteiger partial charge is 0.308 e. The molecule has 0 spiro atoms. The molecule has 3 amide bonds. The maximum atomic E-state index is 14.0. The molecule has 3 aromatic carbocycles. The number of carbonyl (C=O) groups is 3. The monoisotopic (exact) mass is 605 g/mol. The number of fused-ring (bicyclic) bond motifs is 2. The van der Waals surface area contributed by atoms with Crippen LogP contribution in [0.15, 0.2) is 82.6 Å². The third-order valence-corrected chi connectivity index (χ3v) is 10.1. The van der Waals surface area contributed by atoms with Gasteiger partial charge in [-0.05, 0) is 61.0 Å². The lowest BCUT2D eigenvalue weighted by Crippen LogP contribution is -2.33. The zero-order valence-corrected chi connectivity index (χ0v) is 24.4. The van der Waals surface area contributed by atoms with E-state index in [9.17, 15) is 19.2 Å². The van der Waals surface area contributed by atoms with E-state index in [1.54, 1.807) is 55.6 Å². The van der Waals surface area contributed by atoms with E-state index in [4.69, 9.17) is 16.3 Å². The van der Waals surface area contributed by atoms with Crippen LogP contribution in [-0.4, -0.2) is 34.6 Å². The van der Waals surface area contributed by atoms with E-state index in [1.807, 2.05) is 31.2 Å². The van der Waals surface area contributed by atoms with Crippen LogP contribution in [0, 0.1) is 12.8 Å². The van der Waals surface area contributed by atoms with Crippen molar-refractivity contribution in [3.8, 4) is 5.75 Å².